The summed E-state index contributed by atoms with van der Waals surface area (Å²) in [6.07, 6.45) is 3.51. The molecule has 1 atom stereocenters. The van der Waals surface area contributed by atoms with Gasteiger partial charge in [0.15, 0.2) is 0 Å². The lowest BCUT2D eigenvalue weighted by Gasteiger charge is -2.30. The molecule has 1 unspecified atom stereocenters. The second kappa shape index (κ2) is 5.86. The molecule has 1 saturated heterocycles. The van der Waals surface area contributed by atoms with Gasteiger partial charge in [-0.15, -0.1) is 0 Å². The van der Waals surface area contributed by atoms with Gasteiger partial charge in [0.05, 0.1) is 18.0 Å². The summed E-state index contributed by atoms with van der Waals surface area (Å²) in [5.74, 6) is -1.27. The van der Waals surface area contributed by atoms with Crippen molar-refractivity contribution in [2.45, 2.75) is 32.7 Å². The predicted molar refractivity (Wildman–Crippen MR) is 68.5 cm³/mol. The molecule has 0 aliphatic carbocycles. The highest BCUT2D eigenvalue weighted by atomic mass is 16.4. The Hall–Kier alpha value is -1.85. The molecule has 0 spiro atoms. The first-order valence-electron chi connectivity index (χ1n) is 6.63. The molecule has 1 aromatic heterocycles. The average Bonchev–Trinajstić information content (AvgIpc) is 2.86. The van der Waals surface area contributed by atoms with Crippen LogP contribution in [0.4, 0.5) is 0 Å². The van der Waals surface area contributed by atoms with Crippen molar-refractivity contribution in [3.8, 4) is 0 Å². The number of likely N-dealkylation sites (tertiary alicyclic amines) is 1. The molecule has 1 aromatic rings. The van der Waals surface area contributed by atoms with Gasteiger partial charge in [0.25, 0.3) is 0 Å². The maximum atomic E-state index is 12.1. The first-order valence-corrected chi connectivity index (χ1v) is 6.63. The van der Waals surface area contributed by atoms with Gasteiger partial charge in [0, 0.05) is 25.8 Å². The number of aromatic nitrogens is 2. The van der Waals surface area contributed by atoms with Gasteiger partial charge < -0.3 is 10.0 Å². The Balaban J connectivity index is 1.93. The van der Waals surface area contributed by atoms with E-state index in [4.69, 9.17) is 5.11 Å². The van der Waals surface area contributed by atoms with E-state index in [1.165, 1.54) is 0 Å². The molecule has 1 amide bonds. The lowest BCUT2D eigenvalue weighted by Crippen LogP contribution is -2.43. The first-order chi connectivity index (χ1) is 9.10. The molecular weight excluding hydrogens is 246 g/mol. The van der Waals surface area contributed by atoms with Crippen LogP contribution in [0.25, 0.3) is 0 Å². The summed E-state index contributed by atoms with van der Waals surface area (Å²) in [6, 6.07) is 1.83. The number of aliphatic carboxylic acids is 1. The normalized spacial score (nSPS) is 19.4. The van der Waals surface area contributed by atoms with Crippen LogP contribution >= 0.6 is 0 Å². The number of hydrogen-bond donors (Lipinski definition) is 1. The molecule has 1 N–H and O–H groups in total. The van der Waals surface area contributed by atoms with Crippen LogP contribution in [0.2, 0.25) is 0 Å². The summed E-state index contributed by atoms with van der Waals surface area (Å²) >= 11 is 0. The Labute approximate surface area is 112 Å². The van der Waals surface area contributed by atoms with Gasteiger partial charge in [-0.25, -0.2) is 0 Å². The summed E-state index contributed by atoms with van der Waals surface area (Å²) < 4.78 is 1.78. The second-order valence-corrected chi connectivity index (χ2v) is 4.86. The fourth-order valence-electron chi connectivity index (χ4n) is 2.35. The van der Waals surface area contributed by atoms with E-state index >= 15 is 0 Å². The van der Waals surface area contributed by atoms with Gasteiger partial charge in [-0.3, -0.25) is 14.3 Å². The molecule has 6 nitrogen and oxygen atoms in total. The third-order valence-corrected chi connectivity index (χ3v) is 3.48. The number of rotatable bonds is 4. The van der Waals surface area contributed by atoms with Crippen molar-refractivity contribution < 1.29 is 14.7 Å². The Morgan fingerprint density at radius 2 is 2.32 bits per heavy atom. The largest absolute Gasteiger partial charge is 0.481 e. The van der Waals surface area contributed by atoms with Gasteiger partial charge in [-0.05, 0) is 25.8 Å². The van der Waals surface area contributed by atoms with Crippen LogP contribution < -0.4 is 0 Å². The SMILES string of the molecule is CCn1ccc(CC(=O)N2CCCC(C(=O)O)C2)n1. The van der Waals surface area contributed by atoms with Crippen molar-refractivity contribution in [2.24, 2.45) is 5.92 Å². The maximum Gasteiger partial charge on any atom is 0.308 e. The van der Waals surface area contributed by atoms with E-state index in [1.807, 2.05) is 19.2 Å². The Morgan fingerprint density at radius 3 is 2.95 bits per heavy atom. The van der Waals surface area contributed by atoms with Crippen LogP contribution in [0.1, 0.15) is 25.5 Å². The highest BCUT2D eigenvalue weighted by Gasteiger charge is 2.28. The lowest BCUT2D eigenvalue weighted by atomic mass is 9.98. The number of carboxylic acid groups (broad SMARTS) is 1. The summed E-state index contributed by atoms with van der Waals surface area (Å²) in [6.45, 7) is 3.74. The minimum absolute atomic E-state index is 0.0349. The third kappa shape index (κ3) is 3.33. The van der Waals surface area contributed by atoms with Gasteiger partial charge >= 0.3 is 5.97 Å². The fraction of sp³-hybridized carbons (Fsp3) is 0.615. The van der Waals surface area contributed by atoms with E-state index in [9.17, 15) is 9.59 Å². The topological polar surface area (TPSA) is 75.4 Å². The Kier molecular flexibility index (Phi) is 4.19. The van der Waals surface area contributed by atoms with E-state index in [1.54, 1.807) is 9.58 Å². The van der Waals surface area contributed by atoms with Crippen molar-refractivity contribution in [2.75, 3.05) is 13.1 Å². The molecule has 1 aliphatic heterocycles. The third-order valence-electron chi connectivity index (χ3n) is 3.48. The first kappa shape index (κ1) is 13.6. The Bertz CT molecular complexity index is 469. The molecule has 0 aromatic carbocycles. The standard InChI is InChI=1S/C13H19N3O3/c1-2-16-7-5-11(14-16)8-12(17)15-6-3-4-10(9-15)13(18)19/h5,7,10H,2-4,6,8-9H2,1H3,(H,18,19). The number of amides is 1. The molecule has 0 saturated carbocycles. The summed E-state index contributed by atoms with van der Waals surface area (Å²) in [7, 11) is 0. The number of piperidine rings is 1. The molecule has 19 heavy (non-hydrogen) atoms. The minimum Gasteiger partial charge on any atom is -0.481 e. The maximum absolute atomic E-state index is 12.1. The van der Waals surface area contributed by atoms with Gasteiger partial charge in [-0.1, -0.05) is 0 Å². The van der Waals surface area contributed by atoms with Crippen molar-refractivity contribution in [1.82, 2.24) is 14.7 Å². The highest BCUT2D eigenvalue weighted by Crippen LogP contribution is 2.17. The van der Waals surface area contributed by atoms with E-state index in [0.717, 1.165) is 18.7 Å². The van der Waals surface area contributed by atoms with Crippen molar-refractivity contribution >= 4 is 11.9 Å². The number of carbonyl (C=O) groups is 2. The highest BCUT2D eigenvalue weighted by molar-refractivity contribution is 5.79. The fourth-order valence-corrected chi connectivity index (χ4v) is 2.35. The summed E-state index contributed by atoms with van der Waals surface area (Å²) in [5, 5.41) is 13.3. The molecule has 6 heteroatoms. The predicted octanol–water partition coefficient (Wildman–Crippen LogP) is 0.769. The molecule has 1 fully saturated rings. The zero-order chi connectivity index (χ0) is 13.8. The summed E-state index contributed by atoms with van der Waals surface area (Å²) in [4.78, 5) is 24.7. The average molecular weight is 265 g/mol. The lowest BCUT2D eigenvalue weighted by molar-refractivity contribution is -0.145. The molecule has 1 aliphatic rings. The Morgan fingerprint density at radius 1 is 1.53 bits per heavy atom. The number of nitrogens with zero attached hydrogens (tertiary/aromatic N) is 3. The molecule has 2 heterocycles. The van der Waals surface area contributed by atoms with Crippen LogP contribution in [-0.4, -0.2) is 44.8 Å². The monoisotopic (exact) mass is 265 g/mol. The number of hydrogen-bond acceptors (Lipinski definition) is 3. The quantitative estimate of drug-likeness (QED) is 0.872. The van der Waals surface area contributed by atoms with Crippen LogP contribution in [0.3, 0.4) is 0 Å². The molecule has 0 bridgehead atoms. The molecule has 104 valence electrons. The molecule has 2 rings (SSSR count). The van der Waals surface area contributed by atoms with Gasteiger partial charge in [0.1, 0.15) is 0 Å². The van der Waals surface area contributed by atoms with E-state index < -0.39 is 11.9 Å². The zero-order valence-electron chi connectivity index (χ0n) is 11.1. The smallest absolute Gasteiger partial charge is 0.308 e. The number of carboxylic acids is 1. The summed E-state index contributed by atoms with van der Waals surface area (Å²) in [5.41, 5.74) is 0.740. The minimum atomic E-state index is -0.812. The molecular formula is C13H19N3O3. The second-order valence-electron chi connectivity index (χ2n) is 4.86. The van der Waals surface area contributed by atoms with Crippen molar-refractivity contribution in [3.05, 3.63) is 18.0 Å². The number of aryl methyl sites for hydroxylation is 1. The van der Waals surface area contributed by atoms with Crippen molar-refractivity contribution in [3.63, 3.8) is 0 Å². The van der Waals surface area contributed by atoms with E-state index in [0.29, 0.717) is 19.5 Å². The zero-order valence-corrected chi connectivity index (χ0v) is 11.1. The molecule has 0 radical (unpaired) electrons. The number of carbonyl (C=O) groups excluding carboxylic acids is 1. The van der Waals surface area contributed by atoms with Crippen LogP contribution in [0.5, 0.6) is 0 Å². The van der Waals surface area contributed by atoms with E-state index in [2.05, 4.69) is 5.10 Å². The van der Waals surface area contributed by atoms with E-state index in [-0.39, 0.29) is 12.3 Å². The van der Waals surface area contributed by atoms with Crippen LogP contribution in [0, 0.1) is 5.92 Å². The van der Waals surface area contributed by atoms with Crippen LogP contribution in [0.15, 0.2) is 12.3 Å². The van der Waals surface area contributed by atoms with Crippen LogP contribution in [-0.2, 0) is 22.6 Å². The van der Waals surface area contributed by atoms with Gasteiger partial charge in [0.2, 0.25) is 5.91 Å². The van der Waals surface area contributed by atoms with Gasteiger partial charge in [-0.2, -0.15) is 5.10 Å². The van der Waals surface area contributed by atoms with Crippen molar-refractivity contribution in [1.29, 1.82) is 0 Å².